The maximum atomic E-state index is 12.5. The summed E-state index contributed by atoms with van der Waals surface area (Å²) >= 11 is 0. The molecule has 0 saturated carbocycles. The van der Waals surface area contributed by atoms with E-state index in [4.69, 9.17) is 9.47 Å². The number of piperidine rings is 2. The normalized spacial score (nSPS) is 15.3. The number of aromatic nitrogens is 6. The van der Waals surface area contributed by atoms with Crippen LogP contribution < -0.4 is 20.1 Å². The number of amides is 4. The zero-order chi connectivity index (χ0) is 39.7. The smallest absolute Gasteiger partial charge is 0.255 e. The number of nitrogens with one attached hydrogen (secondary N) is 4. The quantitative estimate of drug-likeness (QED) is 0.161. The lowest BCUT2D eigenvalue weighted by molar-refractivity contribution is -0.128. The van der Waals surface area contributed by atoms with E-state index in [2.05, 4.69) is 74.5 Å². The van der Waals surface area contributed by atoms with Gasteiger partial charge in [0.15, 0.2) is 11.3 Å². The van der Waals surface area contributed by atoms with Crippen molar-refractivity contribution in [1.82, 2.24) is 50.3 Å². The van der Waals surface area contributed by atoms with Gasteiger partial charge in [-0.1, -0.05) is 47.8 Å². The number of hydrogen-bond acceptors (Lipinski definition) is 10. The van der Waals surface area contributed by atoms with Crippen molar-refractivity contribution in [2.75, 3.05) is 39.3 Å². The summed E-state index contributed by atoms with van der Waals surface area (Å²) in [5.74, 6) is 0.639. The van der Waals surface area contributed by atoms with Crippen molar-refractivity contribution < 1.29 is 28.7 Å². The highest BCUT2D eigenvalue weighted by atomic mass is 16.5. The molecular weight excluding hydrogens is 704 g/mol. The van der Waals surface area contributed by atoms with Gasteiger partial charge < -0.3 is 39.9 Å². The minimum atomic E-state index is -0.191. The van der Waals surface area contributed by atoms with Crippen molar-refractivity contribution in [3.8, 4) is 11.8 Å². The molecule has 6 rings (SSSR count). The molecule has 294 valence electrons. The molecule has 0 radical (unpaired) electrons. The second-order valence-electron chi connectivity index (χ2n) is 15.3. The van der Waals surface area contributed by atoms with Crippen LogP contribution in [0.15, 0.2) is 50.1 Å². The van der Waals surface area contributed by atoms with E-state index in [1.165, 1.54) is 12.2 Å². The van der Waals surface area contributed by atoms with Crippen molar-refractivity contribution in [2.24, 2.45) is 11.3 Å². The molecule has 2 fully saturated rings. The first-order chi connectivity index (χ1) is 26.2. The minimum Gasteiger partial charge on any atom is -0.473 e. The van der Waals surface area contributed by atoms with Gasteiger partial charge in [0.1, 0.15) is 23.2 Å². The molecule has 0 unspecified atom stereocenters. The van der Waals surface area contributed by atoms with Gasteiger partial charge in [0.05, 0.1) is 23.5 Å². The topological polar surface area (TPSA) is 200 Å². The third-order valence-electron chi connectivity index (χ3n) is 9.09. The van der Waals surface area contributed by atoms with E-state index in [0.717, 1.165) is 0 Å². The molecule has 0 aromatic carbocycles. The highest BCUT2D eigenvalue weighted by Gasteiger charge is 2.25. The Hall–Kier alpha value is -5.80. The van der Waals surface area contributed by atoms with Crippen LogP contribution in [0.2, 0.25) is 0 Å². The molecule has 6 heterocycles. The Balaban J connectivity index is 0.000000211. The fourth-order valence-electron chi connectivity index (χ4n) is 6.03. The minimum absolute atomic E-state index is 0.0104. The van der Waals surface area contributed by atoms with E-state index in [9.17, 15) is 19.2 Å². The Bertz CT molecular complexity index is 2000. The zero-order valence-electron chi connectivity index (χ0n) is 32.3. The number of ether oxygens (including phenoxy) is 2. The molecule has 2 aliphatic heterocycles. The summed E-state index contributed by atoms with van der Waals surface area (Å²) in [6.45, 7) is 20.9. The first-order valence-electron chi connectivity index (χ1n) is 18.6. The average Bonchev–Trinajstić information content (AvgIpc) is 3.80. The van der Waals surface area contributed by atoms with Crippen LogP contribution in [-0.2, 0) is 9.59 Å². The Morgan fingerprint density at radius 3 is 1.58 bits per heavy atom. The number of rotatable bonds is 11. The van der Waals surface area contributed by atoms with E-state index in [-0.39, 0.29) is 41.3 Å². The number of carbonyl (C=O) groups excluding carboxylic acids is 4. The van der Waals surface area contributed by atoms with Crippen molar-refractivity contribution in [3.63, 3.8) is 0 Å². The largest absolute Gasteiger partial charge is 0.473 e. The first-order valence-corrected chi connectivity index (χ1v) is 18.6. The van der Waals surface area contributed by atoms with Crippen LogP contribution in [0.3, 0.4) is 0 Å². The average molecular weight is 757 g/mol. The highest BCUT2D eigenvalue weighted by Crippen LogP contribution is 2.23. The van der Waals surface area contributed by atoms with Gasteiger partial charge in [0.2, 0.25) is 23.6 Å². The number of carbonyl (C=O) groups is 4. The molecule has 0 spiro atoms. The van der Waals surface area contributed by atoms with Crippen LogP contribution in [-0.4, -0.2) is 115 Å². The lowest BCUT2D eigenvalue weighted by atomic mass is 9.97. The SMILES string of the molecule is C=CC(=O)N1CCC(Oc2cnc3[nH]cc(C(=O)NCC(C)(C)C)c3n2)CC1.C=CC(=O)N1CCC(Oc2cnc3[nH]cc(C(=O)NCC(C)C)c3n2)CC1. The maximum absolute atomic E-state index is 12.5. The van der Waals surface area contributed by atoms with Crippen LogP contribution in [0.1, 0.15) is 81.0 Å². The van der Waals surface area contributed by atoms with E-state index in [1.54, 1.807) is 34.6 Å². The third-order valence-corrected chi connectivity index (χ3v) is 9.09. The van der Waals surface area contributed by atoms with Gasteiger partial charge in [0.25, 0.3) is 11.8 Å². The van der Waals surface area contributed by atoms with Crippen LogP contribution in [0, 0.1) is 11.3 Å². The van der Waals surface area contributed by atoms with Crippen molar-refractivity contribution in [2.45, 2.75) is 72.5 Å². The fraction of sp³-hybridized carbons (Fsp3) is 0.487. The zero-order valence-corrected chi connectivity index (χ0v) is 32.3. The van der Waals surface area contributed by atoms with E-state index < -0.39 is 0 Å². The first kappa shape index (κ1) is 40.4. The maximum Gasteiger partial charge on any atom is 0.255 e. The molecule has 2 aliphatic rings. The second kappa shape index (κ2) is 18.0. The van der Waals surface area contributed by atoms with Crippen molar-refractivity contribution in [3.05, 3.63) is 61.2 Å². The summed E-state index contributed by atoms with van der Waals surface area (Å²) < 4.78 is 11.9. The Morgan fingerprint density at radius 1 is 0.782 bits per heavy atom. The molecular formula is C39H52N10O6. The molecule has 4 aromatic rings. The van der Waals surface area contributed by atoms with E-state index >= 15 is 0 Å². The lowest BCUT2D eigenvalue weighted by Gasteiger charge is -2.31. The van der Waals surface area contributed by atoms with Crippen LogP contribution in [0.25, 0.3) is 22.3 Å². The molecule has 0 aliphatic carbocycles. The van der Waals surface area contributed by atoms with Gasteiger partial charge in [0, 0.05) is 77.3 Å². The number of likely N-dealkylation sites (tertiary alicyclic amines) is 2. The summed E-state index contributed by atoms with van der Waals surface area (Å²) in [5.41, 5.74) is 2.96. The lowest BCUT2D eigenvalue weighted by Crippen LogP contribution is -2.41. The summed E-state index contributed by atoms with van der Waals surface area (Å²) in [5, 5.41) is 5.81. The summed E-state index contributed by atoms with van der Waals surface area (Å²) in [6.07, 6.45) is 11.8. The standard InChI is InChI=1S/C20H27N5O3.C19H25N5O3/c1-5-16(26)25-8-6-13(7-9-25)28-15-11-22-18-17(24-15)14(10-21-18)19(27)23-12-20(2,3)4;1-4-16(25)24-7-5-13(6-8-24)27-15-11-21-18-17(23-15)14(10-20-18)19(26)22-9-12(2)3/h5,10-11,13H,1,6-9,12H2,2-4H3,(H,21,22)(H,23,27);4,10-13H,1,5-9H2,2-3H3,(H,20,21)(H,22,26). The van der Waals surface area contributed by atoms with Gasteiger partial charge in [-0.25, -0.2) is 19.9 Å². The number of H-pyrrole nitrogens is 2. The van der Waals surface area contributed by atoms with Crippen LogP contribution >= 0.6 is 0 Å². The second-order valence-corrected chi connectivity index (χ2v) is 15.3. The van der Waals surface area contributed by atoms with Crippen LogP contribution in [0.4, 0.5) is 0 Å². The van der Waals surface area contributed by atoms with E-state index in [1.807, 2.05) is 13.8 Å². The Labute approximate surface area is 320 Å². The summed E-state index contributed by atoms with van der Waals surface area (Å²) in [7, 11) is 0. The Kier molecular flexibility index (Phi) is 13.2. The predicted molar refractivity (Wildman–Crippen MR) is 208 cm³/mol. The number of nitrogens with zero attached hydrogens (tertiary/aromatic N) is 6. The van der Waals surface area contributed by atoms with Crippen molar-refractivity contribution >= 4 is 46.0 Å². The molecule has 4 N–H and O–H groups in total. The molecule has 55 heavy (non-hydrogen) atoms. The Morgan fingerprint density at radius 2 is 1.20 bits per heavy atom. The predicted octanol–water partition coefficient (Wildman–Crippen LogP) is 4.19. The molecule has 4 amide bonds. The van der Waals surface area contributed by atoms with Gasteiger partial charge in [-0.05, 0) is 23.5 Å². The molecule has 4 aromatic heterocycles. The summed E-state index contributed by atoms with van der Waals surface area (Å²) in [6, 6.07) is 0. The van der Waals surface area contributed by atoms with Crippen molar-refractivity contribution in [1.29, 1.82) is 0 Å². The molecule has 2 saturated heterocycles. The highest BCUT2D eigenvalue weighted by molar-refractivity contribution is 6.05. The monoisotopic (exact) mass is 756 g/mol. The number of hydrogen-bond donors (Lipinski definition) is 4. The van der Waals surface area contributed by atoms with Gasteiger partial charge in [-0.15, -0.1) is 0 Å². The molecule has 16 heteroatoms. The van der Waals surface area contributed by atoms with Gasteiger partial charge >= 0.3 is 0 Å². The molecule has 16 nitrogen and oxygen atoms in total. The van der Waals surface area contributed by atoms with Crippen LogP contribution in [0.5, 0.6) is 11.8 Å². The van der Waals surface area contributed by atoms with Gasteiger partial charge in [-0.3, -0.25) is 19.2 Å². The van der Waals surface area contributed by atoms with Gasteiger partial charge in [-0.2, -0.15) is 0 Å². The number of fused-ring (bicyclic) bond motifs is 2. The third kappa shape index (κ3) is 10.9. The summed E-state index contributed by atoms with van der Waals surface area (Å²) in [4.78, 5) is 75.2. The number of aromatic amines is 2. The molecule has 0 atom stereocenters. The fourth-order valence-corrected chi connectivity index (χ4v) is 6.03. The van der Waals surface area contributed by atoms with E-state index in [0.29, 0.717) is 116 Å². The molecule has 0 bridgehead atoms.